The van der Waals surface area contributed by atoms with E-state index in [1.165, 1.54) is 0 Å². The minimum Gasteiger partial charge on any atom is -0.371 e. The molecule has 2 aliphatic rings. The summed E-state index contributed by atoms with van der Waals surface area (Å²) in [7, 11) is 0. The Kier molecular flexibility index (Phi) is 5.19. The zero-order chi connectivity index (χ0) is 20.6. The summed E-state index contributed by atoms with van der Waals surface area (Å²) < 4.78 is 2.01. The lowest BCUT2D eigenvalue weighted by atomic mass is 9.78. The zero-order valence-electron chi connectivity index (χ0n) is 17.6. The van der Waals surface area contributed by atoms with E-state index in [1.54, 1.807) is 6.33 Å². The van der Waals surface area contributed by atoms with Crippen molar-refractivity contribution >= 4 is 22.7 Å². The van der Waals surface area contributed by atoms with Gasteiger partial charge in [-0.15, -0.1) is 0 Å². The number of amides is 1. The van der Waals surface area contributed by atoms with Crippen molar-refractivity contribution in [2.24, 2.45) is 5.41 Å². The predicted octanol–water partition coefficient (Wildman–Crippen LogP) is 3.40. The maximum atomic E-state index is 13.3. The molecule has 2 heterocycles. The fraction of sp³-hybridized carbons (Fsp3) is 0.522. The van der Waals surface area contributed by atoms with Crippen molar-refractivity contribution in [3.05, 3.63) is 42.4 Å². The van der Waals surface area contributed by atoms with Crippen LogP contribution in [0.25, 0.3) is 11.0 Å². The number of para-hydroxylation sites is 2. The molecule has 0 N–H and O–H groups in total. The van der Waals surface area contributed by atoms with E-state index in [4.69, 9.17) is 0 Å². The number of piperazine rings is 1. The van der Waals surface area contributed by atoms with Crippen LogP contribution >= 0.6 is 0 Å². The number of aromatic nitrogens is 2. The summed E-state index contributed by atoms with van der Waals surface area (Å²) in [6.45, 7) is 9.29. The second-order valence-corrected chi connectivity index (χ2v) is 9.00. The number of fused-ring (bicyclic) bond motifs is 1. The van der Waals surface area contributed by atoms with Crippen molar-refractivity contribution in [1.82, 2.24) is 19.4 Å². The largest absolute Gasteiger partial charge is 0.371 e. The molecule has 4 rings (SSSR count). The van der Waals surface area contributed by atoms with E-state index < -0.39 is 0 Å². The molecule has 0 bridgehead atoms. The van der Waals surface area contributed by atoms with Gasteiger partial charge in [0.25, 0.3) is 0 Å². The van der Waals surface area contributed by atoms with Gasteiger partial charge in [-0.25, -0.2) is 4.98 Å². The number of carbonyl (C=O) groups excluding carboxylic acids is 2. The number of ketones is 1. The Morgan fingerprint density at radius 1 is 1.14 bits per heavy atom. The van der Waals surface area contributed by atoms with Crippen molar-refractivity contribution in [1.29, 1.82) is 0 Å². The Morgan fingerprint density at radius 2 is 1.86 bits per heavy atom. The molecule has 1 aromatic heterocycles. The van der Waals surface area contributed by atoms with Crippen molar-refractivity contribution in [2.45, 2.75) is 46.1 Å². The highest BCUT2D eigenvalue weighted by Gasteiger charge is 2.33. The number of hydrogen-bond acceptors (Lipinski definition) is 4. The summed E-state index contributed by atoms with van der Waals surface area (Å²) in [6, 6.07) is 7.71. The SMILES string of the molecule is CC[C@@H](C(=O)N1CCN(C2=CC(=O)CC(C)(C)C2)CC1)n1cnc2ccccc21. The first-order valence-corrected chi connectivity index (χ1v) is 10.6. The van der Waals surface area contributed by atoms with Crippen LogP contribution in [0.3, 0.4) is 0 Å². The van der Waals surface area contributed by atoms with Gasteiger partial charge in [0, 0.05) is 44.4 Å². The highest BCUT2D eigenvalue weighted by Crippen LogP contribution is 2.35. The Morgan fingerprint density at radius 3 is 2.55 bits per heavy atom. The maximum Gasteiger partial charge on any atom is 0.245 e. The normalized spacial score (nSPS) is 20.7. The molecule has 1 aliphatic heterocycles. The van der Waals surface area contributed by atoms with Gasteiger partial charge in [-0.1, -0.05) is 32.9 Å². The van der Waals surface area contributed by atoms with E-state index in [9.17, 15) is 9.59 Å². The van der Waals surface area contributed by atoms with Gasteiger partial charge in [0.05, 0.1) is 17.4 Å². The Balaban J connectivity index is 1.45. The number of hydrogen-bond donors (Lipinski definition) is 0. The molecular formula is C23H30N4O2. The van der Waals surface area contributed by atoms with Crippen molar-refractivity contribution in [3.8, 4) is 0 Å². The molecule has 6 nitrogen and oxygen atoms in total. The van der Waals surface area contributed by atoms with Crippen LogP contribution in [-0.2, 0) is 9.59 Å². The van der Waals surface area contributed by atoms with Crippen molar-refractivity contribution < 1.29 is 9.59 Å². The average molecular weight is 395 g/mol. The zero-order valence-corrected chi connectivity index (χ0v) is 17.6. The molecule has 1 saturated heterocycles. The molecule has 0 saturated carbocycles. The van der Waals surface area contributed by atoms with Gasteiger partial charge in [0.15, 0.2) is 5.78 Å². The molecule has 0 radical (unpaired) electrons. The molecule has 154 valence electrons. The smallest absolute Gasteiger partial charge is 0.245 e. The van der Waals surface area contributed by atoms with Crippen LogP contribution in [0, 0.1) is 5.41 Å². The van der Waals surface area contributed by atoms with Crippen LogP contribution < -0.4 is 0 Å². The molecule has 1 aliphatic carbocycles. The number of allylic oxidation sites excluding steroid dienone is 2. The highest BCUT2D eigenvalue weighted by molar-refractivity contribution is 5.91. The number of benzene rings is 1. The summed E-state index contributed by atoms with van der Waals surface area (Å²) in [5.74, 6) is 0.372. The summed E-state index contributed by atoms with van der Waals surface area (Å²) in [4.78, 5) is 34.1. The fourth-order valence-electron chi connectivity index (χ4n) is 4.66. The molecular weight excluding hydrogens is 364 g/mol. The third-order valence-corrected chi connectivity index (χ3v) is 6.13. The predicted molar refractivity (Wildman–Crippen MR) is 113 cm³/mol. The van der Waals surface area contributed by atoms with Crippen LogP contribution in [0.2, 0.25) is 0 Å². The number of imidazole rings is 1. The highest BCUT2D eigenvalue weighted by atomic mass is 16.2. The lowest BCUT2D eigenvalue weighted by Gasteiger charge is -2.41. The van der Waals surface area contributed by atoms with E-state index >= 15 is 0 Å². The third-order valence-electron chi connectivity index (χ3n) is 6.13. The average Bonchev–Trinajstić information content (AvgIpc) is 3.11. The molecule has 2 aromatic rings. The fourth-order valence-corrected chi connectivity index (χ4v) is 4.66. The number of rotatable bonds is 4. The van der Waals surface area contributed by atoms with Crippen LogP contribution in [0.5, 0.6) is 0 Å². The topological polar surface area (TPSA) is 58.4 Å². The minimum atomic E-state index is -0.233. The molecule has 0 unspecified atom stereocenters. The van der Waals surface area contributed by atoms with Gasteiger partial charge in [-0.2, -0.15) is 0 Å². The van der Waals surface area contributed by atoms with Crippen LogP contribution in [-0.4, -0.2) is 57.2 Å². The van der Waals surface area contributed by atoms with Gasteiger partial charge < -0.3 is 14.4 Å². The Hall–Kier alpha value is -2.63. The second kappa shape index (κ2) is 7.65. The molecule has 1 aromatic carbocycles. The van der Waals surface area contributed by atoms with E-state index in [0.29, 0.717) is 19.5 Å². The quantitative estimate of drug-likeness (QED) is 0.797. The lowest BCUT2D eigenvalue weighted by Crippen LogP contribution is -2.50. The van der Waals surface area contributed by atoms with Crippen molar-refractivity contribution in [3.63, 3.8) is 0 Å². The summed E-state index contributed by atoms with van der Waals surface area (Å²) >= 11 is 0. The minimum absolute atomic E-state index is 0.0178. The lowest BCUT2D eigenvalue weighted by molar-refractivity contribution is -0.136. The van der Waals surface area contributed by atoms with E-state index in [1.807, 2.05) is 46.7 Å². The summed E-state index contributed by atoms with van der Waals surface area (Å²) in [5, 5.41) is 0. The van der Waals surface area contributed by atoms with Gasteiger partial charge in [0.1, 0.15) is 6.04 Å². The molecule has 6 heteroatoms. The van der Waals surface area contributed by atoms with Crippen LogP contribution in [0.1, 0.15) is 46.1 Å². The van der Waals surface area contributed by atoms with E-state index in [-0.39, 0.29) is 23.1 Å². The number of nitrogens with zero attached hydrogens (tertiary/aromatic N) is 4. The Bertz CT molecular complexity index is 951. The van der Waals surface area contributed by atoms with Crippen LogP contribution in [0.4, 0.5) is 0 Å². The monoisotopic (exact) mass is 394 g/mol. The maximum absolute atomic E-state index is 13.3. The summed E-state index contributed by atoms with van der Waals surface area (Å²) in [6.07, 6.45) is 5.87. The first-order valence-electron chi connectivity index (χ1n) is 10.6. The standard InChI is InChI=1S/C23H30N4O2/c1-4-20(27-16-24-19-7-5-6-8-21(19)27)22(29)26-11-9-25(10-12-26)17-13-18(28)15-23(2,3)14-17/h5-8,13,16,20H,4,9-12,14-15H2,1-3H3/t20-/m0/s1. The molecule has 29 heavy (non-hydrogen) atoms. The van der Waals surface area contributed by atoms with Crippen LogP contribution in [0.15, 0.2) is 42.4 Å². The second-order valence-electron chi connectivity index (χ2n) is 9.00. The van der Waals surface area contributed by atoms with Gasteiger partial charge in [-0.3, -0.25) is 9.59 Å². The first kappa shape index (κ1) is 19.7. The summed E-state index contributed by atoms with van der Waals surface area (Å²) in [5.41, 5.74) is 3.06. The number of carbonyl (C=O) groups is 2. The van der Waals surface area contributed by atoms with Gasteiger partial charge in [-0.05, 0) is 30.4 Å². The van der Waals surface area contributed by atoms with Gasteiger partial charge in [0.2, 0.25) is 5.91 Å². The molecule has 1 amide bonds. The third kappa shape index (κ3) is 3.93. The van der Waals surface area contributed by atoms with E-state index in [0.717, 1.165) is 42.7 Å². The Labute approximate surface area is 172 Å². The molecule has 1 atom stereocenters. The first-order chi connectivity index (χ1) is 13.9. The van der Waals surface area contributed by atoms with E-state index in [2.05, 4.69) is 23.7 Å². The molecule has 0 spiro atoms. The van der Waals surface area contributed by atoms with Crippen molar-refractivity contribution in [2.75, 3.05) is 26.2 Å². The van der Waals surface area contributed by atoms with Gasteiger partial charge >= 0.3 is 0 Å². The molecule has 1 fully saturated rings.